The first-order valence-electron chi connectivity index (χ1n) is 8.65. The van der Waals surface area contributed by atoms with Crippen LogP contribution in [0.2, 0.25) is 0 Å². The lowest BCUT2D eigenvalue weighted by molar-refractivity contribution is 0.114. The summed E-state index contributed by atoms with van der Waals surface area (Å²) in [5.41, 5.74) is 4.54. The van der Waals surface area contributed by atoms with E-state index < -0.39 is 0 Å². The van der Waals surface area contributed by atoms with Gasteiger partial charge in [-0.25, -0.2) is 4.39 Å². The van der Waals surface area contributed by atoms with Crippen molar-refractivity contribution >= 4 is 5.69 Å². The van der Waals surface area contributed by atoms with Gasteiger partial charge in [0.05, 0.1) is 6.61 Å². The third-order valence-electron chi connectivity index (χ3n) is 4.69. The first-order chi connectivity index (χ1) is 12.2. The molecule has 1 aromatic heterocycles. The predicted octanol–water partition coefficient (Wildman–Crippen LogP) is 4.71. The van der Waals surface area contributed by atoms with Gasteiger partial charge >= 0.3 is 0 Å². The molecule has 1 saturated heterocycles. The zero-order chi connectivity index (χ0) is 17.2. The van der Waals surface area contributed by atoms with Crippen LogP contribution in [-0.4, -0.2) is 17.7 Å². The Morgan fingerprint density at radius 3 is 2.44 bits per heavy atom. The average molecular weight is 336 g/mol. The van der Waals surface area contributed by atoms with E-state index in [4.69, 9.17) is 4.74 Å². The van der Waals surface area contributed by atoms with Gasteiger partial charge in [-0.1, -0.05) is 19.1 Å². The molecule has 0 bridgehead atoms. The highest BCUT2D eigenvalue weighted by Crippen LogP contribution is 2.32. The van der Waals surface area contributed by atoms with E-state index in [0.717, 1.165) is 24.2 Å². The Hall–Kier alpha value is -2.59. The molecule has 3 aromatic rings. The van der Waals surface area contributed by atoms with Crippen LogP contribution in [0.5, 0.6) is 0 Å². The summed E-state index contributed by atoms with van der Waals surface area (Å²) in [5, 5.41) is 0. The van der Waals surface area contributed by atoms with Gasteiger partial charge in [-0.15, -0.1) is 0 Å². The Morgan fingerprint density at radius 2 is 1.72 bits per heavy atom. The second-order valence-electron chi connectivity index (χ2n) is 6.27. The van der Waals surface area contributed by atoms with Crippen molar-refractivity contribution in [2.45, 2.75) is 19.6 Å². The first-order valence-corrected chi connectivity index (χ1v) is 8.65. The molecule has 1 aliphatic rings. The van der Waals surface area contributed by atoms with Crippen molar-refractivity contribution in [3.8, 4) is 5.69 Å². The third-order valence-corrected chi connectivity index (χ3v) is 4.69. The minimum absolute atomic E-state index is 0.0887. The molecule has 2 heterocycles. The van der Waals surface area contributed by atoms with Crippen molar-refractivity contribution in [3.63, 3.8) is 0 Å². The molecular formula is C21H21FN2O. The number of aromatic nitrogens is 1. The lowest BCUT2D eigenvalue weighted by Crippen LogP contribution is -2.22. The van der Waals surface area contributed by atoms with Gasteiger partial charge in [-0.05, 0) is 54.4 Å². The highest BCUT2D eigenvalue weighted by Gasteiger charge is 2.27. The molecule has 0 radical (unpaired) electrons. The van der Waals surface area contributed by atoms with Crippen molar-refractivity contribution in [2.24, 2.45) is 0 Å². The number of benzene rings is 2. The van der Waals surface area contributed by atoms with E-state index in [2.05, 4.69) is 48.4 Å². The van der Waals surface area contributed by atoms with Crippen LogP contribution in [0.1, 0.15) is 24.3 Å². The van der Waals surface area contributed by atoms with Crippen LogP contribution in [0.15, 0.2) is 67.0 Å². The number of ether oxygens (including phenoxy) is 1. The molecule has 2 aromatic carbocycles. The highest BCUT2D eigenvalue weighted by molar-refractivity contribution is 5.50. The van der Waals surface area contributed by atoms with Crippen LogP contribution in [0, 0.1) is 5.82 Å². The maximum atomic E-state index is 13.1. The topological polar surface area (TPSA) is 17.4 Å². The van der Waals surface area contributed by atoms with Crippen molar-refractivity contribution < 1.29 is 9.13 Å². The number of anilines is 1. The lowest BCUT2D eigenvalue weighted by atomic mass is 10.1. The summed E-state index contributed by atoms with van der Waals surface area (Å²) in [6.45, 7) is 3.74. The number of rotatable bonds is 4. The molecule has 3 nitrogen and oxygen atoms in total. The molecular weight excluding hydrogens is 315 g/mol. The van der Waals surface area contributed by atoms with Crippen LogP contribution in [0.3, 0.4) is 0 Å². The number of nitrogens with zero attached hydrogens (tertiary/aromatic N) is 2. The minimum Gasteiger partial charge on any atom is -0.352 e. The molecule has 0 amide bonds. The standard InChI is InChI=1S/C21H21FN2O/c1-2-16-3-7-20(8-4-16)24-13-14-25-21(24)17-11-12-23(15-17)19-9-5-18(22)6-10-19/h3-12,15,21H,2,13-14H2,1H3. The molecule has 0 aliphatic carbocycles. The van der Waals surface area contributed by atoms with E-state index in [-0.39, 0.29) is 12.0 Å². The second kappa shape index (κ2) is 6.73. The van der Waals surface area contributed by atoms with Crippen LogP contribution < -0.4 is 4.90 Å². The van der Waals surface area contributed by atoms with E-state index in [1.807, 2.05) is 10.8 Å². The summed E-state index contributed by atoms with van der Waals surface area (Å²) >= 11 is 0. The Bertz CT molecular complexity index is 839. The van der Waals surface area contributed by atoms with Crippen molar-refractivity contribution in [3.05, 3.63) is 83.9 Å². The quantitative estimate of drug-likeness (QED) is 0.686. The molecule has 1 aliphatic heterocycles. The fraction of sp³-hybridized carbons (Fsp3) is 0.238. The fourth-order valence-electron chi connectivity index (χ4n) is 3.27. The molecule has 0 spiro atoms. The average Bonchev–Trinajstić information content (AvgIpc) is 3.31. The second-order valence-corrected chi connectivity index (χ2v) is 6.27. The molecule has 0 saturated carbocycles. The van der Waals surface area contributed by atoms with E-state index in [1.165, 1.54) is 23.4 Å². The van der Waals surface area contributed by atoms with E-state index in [0.29, 0.717) is 6.61 Å². The highest BCUT2D eigenvalue weighted by atomic mass is 19.1. The number of hydrogen-bond donors (Lipinski definition) is 0. The summed E-state index contributed by atoms with van der Waals surface area (Å²) in [4.78, 5) is 2.28. The van der Waals surface area contributed by atoms with Crippen LogP contribution >= 0.6 is 0 Å². The molecule has 1 unspecified atom stereocenters. The molecule has 128 valence electrons. The summed E-state index contributed by atoms with van der Waals surface area (Å²) in [6.07, 6.45) is 4.99. The predicted molar refractivity (Wildman–Crippen MR) is 97.6 cm³/mol. The van der Waals surface area contributed by atoms with Crippen molar-refractivity contribution in [1.29, 1.82) is 0 Å². The fourth-order valence-corrected chi connectivity index (χ4v) is 3.27. The zero-order valence-electron chi connectivity index (χ0n) is 14.2. The summed E-state index contributed by atoms with van der Waals surface area (Å²) in [6, 6.07) is 17.2. The molecule has 1 atom stereocenters. The Morgan fingerprint density at radius 1 is 1.00 bits per heavy atom. The lowest BCUT2D eigenvalue weighted by Gasteiger charge is -2.24. The molecule has 25 heavy (non-hydrogen) atoms. The number of halogens is 1. The minimum atomic E-state index is -0.225. The zero-order valence-corrected chi connectivity index (χ0v) is 14.2. The monoisotopic (exact) mass is 336 g/mol. The molecule has 1 fully saturated rings. The van der Waals surface area contributed by atoms with Gasteiger partial charge in [0.25, 0.3) is 0 Å². The normalized spacial score (nSPS) is 17.2. The maximum absolute atomic E-state index is 13.1. The van der Waals surface area contributed by atoms with Crippen LogP contribution in [0.4, 0.5) is 10.1 Å². The van der Waals surface area contributed by atoms with Gasteiger partial charge in [0.15, 0.2) is 6.23 Å². The summed E-state index contributed by atoms with van der Waals surface area (Å²) < 4.78 is 21.1. The Balaban J connectivity index is 1.59. The third kappa shape index (κ3) is 3.17. The smallest absolute Gasteiger partial charge is 0.158 e. The van der Waals surface area contributed by atoms with Gasteiger partial charge in [0.2, 0.25) is 0 Å². The van der Waals surface area contributed by atoms with Gasteiger partial charge in [0.1, 0.15) is 5.82 Å². The largest absolute Gasteiger partial charge is 0.352 e. The SMILES string of the molecule is CCc1ccc(N2CCOC2c2ccn(-c3ccc(F)cc3)c2)cc1. The number of hydrogen-bond acceptors (Lipinski definition) is 2. The summed E-state index contributed by atoms with van der Waals surface area (Å²) in [5.74, 6) is -0.225. The van der Waals surface area contributed by atoms with Gasteiger partial charge < -0.3 is 14.2 Å². The Labute approximate surface area is 147 Å². The van der Waals surface area contributed by atoms with Gasteiger partial charge in [0, 0.05) is 35.9 Å². The van der Waals surface area contributed by atoms with E-state index in [9.17, 15) is 4.39 Å². The number of aryl methyl sites for hydroxylation is 1. The van der Waals surface area contributed by atoms with Crippen molar-refractivity contribution in [2.75, 3.05) is 18.1 Å². The van der Waals surface area contributed by atoms with Crippen LogP contribution in [-0.2, 0) is 11.2 Å². The van der Waals surface area contributed by atoms with E-state index in [1.54, 1.807) is 12.1 Å². The van der Waals surface area contributed by atoms with Crippen molar-refractivity contribution in [1.82, 2.24) is 4.57 Å². The van der Waals surface area contributed by atoms with Crippen LogP contribution in [0.25, 0.3) is 5.69 Å². The van der Waals surface area contributed by atoms with E-state index >= 15 is 0 Å². The maximum Gasteiger partial charge on any atom is 0.158 e. The first kappa shape index (κ1) is 15.9. The molecule has 0 N–H and O–H groups in total. The van der Waals surface area contributed by atoms with Gasteiger partial charge in [-0.2, -0.15) is 0 Å². The molecule has 4 rings (SSSR count). The summed E-state index contributed by atoms with van der Waals surface area (Å²) in [7, 11) is 0. The van der Waals surface area contributed by atoms with Gasteiger partial charge in [-0.3, -0.25) is 0 Å². The molecule has 4 heteroatoms. The Kier molecular flexibility index (Phi) is 4.28.